The molecule has 0 fully saturated rings. The number of rotatable bonds is 7. The predicted molar refractivity (Wildman–Crippen MR) is 49.2 cm³/mol. The molecule has 0 atom stereocenters. The molecule has 3 nitrogen and oxygen atoms in total. The van der Waals surface area contributed by atoms with Crippen LogP contribution in [0.1, 0.15) is 26.2 Å². The van der Waals surface area contributed by atoms with E-state index in [1.807, 2.05) is 0 Å². The van der Waals surface area contributed by atoms with Crippen molar-refractivity contribution in [3.8, 4) is 0 Å². The first kappa shape index (κ1) is 10.9. The minimum Gasteiger partial charge on any atom is -0.307 e. The number of nitrogens with zero attached hydrogens (tertiary/aromatic N) is 1. The van der Waals surface area contributed by atoms with Crippen LogP contribution >= 0.6 is 0 Å². The Morgan fingerprint density at radius 1 is 1.27 bits per heavy atom. The van der Waals surface area contributed by atoms with Crippen LogP contribution in [0.4, 0.5) is 0 Å². The van der Waals surface area contributed by atoms with Gasteiger partial charge in [0.05, 0.1) is 0 Å². The third kappa shape index (κ3) is 7.78. The van der Waals surface area contributed by atoms with Gasteiger partial charge in [0.15, 0.2) is 0 Å². The lowest BCUT2D eigenvalue weighted by molar-refractivity contribution is 0.341. The molecule has 0 saturated carbocycles. The summed E-state index contributed by atoms with van der Waals surface area (Å²) in [4.78, 5) is 2.33. The first-order valence-electron chi connectivity index (χ1n) is 4.43. The zero-order valence-electron chi connectivity index (χ0n) is 7.77. The fourth-order valence-electron chi connectivity index (χ4n) is 0.944. The van der Waals surface area contributed by atoms with Crippen molar-refractivity contribution >= 4 is 0 Å². The van der Waals surface area contributed by atoms with Crippen LogP contribution in [0.5, 0.6) is 0 Å². The first-order chi connectivity index (χ1) is 5.31. The van der Waals surface area contributed by atoms with Crippen LogP contribution in [0.25, 0.3) is 0 Å². The number of nitrogens with two attached hydrogens (primary N) is 1. The molecule has 0 rings (SSSR count). The minimum absolute atomic E-state index is 0.940. The van der Waals surface area contributed by atoms with Crippen molar-refractivity contribution in [2.24, 2.45) is 5.84 Å². The van der Waals surface area contributed by atoms with E-state index in [0.717, 1.165) is 13.1 Å². The normalized spacial score (nSPS) is 10.9. The quantitative estimate of drug-likeness (QED) is 0.324. The van der Waals surface area contributed by atoms with E-state index in [4.69, 9.17) is 5.84 Å². The number of unbranched alkanes of at least 4 members (excludes halogenated alkanes) is 2. The van der Waals surface area contributed by atoms with Gasteiger partial charge < -0.3 is 4.90 Å². The van der Waals surface area contributed by atoms with E-state index in [0.29, 0.717) is 0 Å². The SMILES string of the molecule is CCN(C)CCCCCNN. The molecule has 0 aliphatic rings. The van der Waals surface area contributed by atoms with Gasteiger partial charge in [-0.3, -0.25) is 11.3 Å². The summed E-state index contributed by atoms with van der Waals surface area (Å²) in [7, 11) is 2.15. The average Bonchev–Trinajstić information content (AvgIpc) is 2.04. The third-order valence-corrected chi connectivity index (χ3v) is 1.90. The Kier molecular flexibility index (Phi) is 7.89. The monoisotopic (exact) mass is 159 g/mol. The molecule has 3 N–H and O–H groups in total. The summed E-state index contributed by atoms with van der Waals surface area (Å²) in [6.45, 7) is 5.48. The first-order valence-corrected chi connectivity index (χ1v) is 4.43. The highest BCUT2D eigenvalue weighted by molar-refractivity contribution is 4.49. The standard InChI is InChI=1S/C8H21N3/c1-3-11(2)8-6-4-5-7-10-9/h10H,3-9H2,1-2H3. The topological polar surface area (TPSA) is 41.3 Å². The van der Waals surface area contributed by atoms with Crippen molar-refractivity contribution < 1.29 is 0 Å². The van der Waals surface area contributed by atoms with Gasteiger partial charge in [-0.15, -0.1) is 0 Å². The molecule has 0 saturated heterocycles. The highest BCUT2D eigenvalue weighted by atomic mass is 15.2. The zero-order chi connectivity index (χ0) is 8.53. The molecule has 3 heteroatoms. The average molecular weight is 159 g/mol. The van der Waals surface area contributed by atoms with Gasteiger partial charge >= 0.3 is 0 Å². The molecule has 0 radical (unpaired) electrons. The highest BCUT2D eigenvalue weighted by Gasteiger charge is 1.93. The van der Waals surface area contributed by atoms with E-state index in [1.165, 1.54) is 25.8 Å². The van der Waals surface area contributed by atoms with Crippen molar-refractivity contribution in [2.45, 2.75) is 26.2 Å². The molecule has 0 bridgehead atoms. The smallest absolute Gasteiger partial charge is 0.00974 e. The molecule has 0 aromatic rings. The summed E-state index contributed by atoms with van der Waals surface area (Å²) in [6.07, 6.45) is 3.74. The molecule has 11 heavy (non-hydrogen) atoms. The fraction of sp³-hybridized carbons (Fsp3) is 1.00. The molecule has 0 amide bonds. The van der Waals surface area contributed by atoms with Gasteiger partial charge in [-0.2, -0.15) is 0 Å². The Bertz CT molecular complexity index is 75.7. The number of hydrazine groups is 1. The molecule has 0 spiro atoms. The molecule has 0 aliphatic carbocycles. The molecular formula is C8H21N3. The minimum atomic E-state index is 0.940. The van der Waals surface area contributed by atoms with Gasteiger partial charge in [0, 0.05) is 6.54 Å². The van der Waals surface area contributed by atoms with Crippen LogP contribution < -0.4 is 11.3 Å². The van der Waals surface area contributed by atoms with E-state index in [9.17, 15) is 0 Å². The van der Waals surface area contributed by atoms with Gasteiger partial charge in [-0.1, -0.05) is 13.3 Å². The maximum atomic E-state index is 5.14. The molecule has 0 aliphatic heterocycles. The van der Waals surface area contributed by atoms with Gasteiger partial charge in [-0.05, 0) is 33.0 Å². The predicted octanol–water partition coefficient (Wildman–Crippen LogP) is 0.572. The summed E-state index contributed by atoms with van der Waals surface area (Å²) in [5, 5.41) is 0. The lowest BCUT2D eigenvalue weighted by Gasteiger charge is -2.12. The molecule has 68 valence electrons. The Balaban J connectivity index is 2.89. The Hall–Kier alpha value is -0.120. The number of hydrogen-bond donors (Lipinski definition) is 2. The van der Waals surface area contributed by atoms with Crippen LogP contribution in [-0.2, 0) is 0 Å². The zero-order valence-corrected chi connectivity index (χ0v) is 7.77. The molecule has 0 aromatic carbocycles. The summed E-state index contributed by atoms with van der Waals surface area (Å²) in [6, 6.07) is 0. The van der Waals surface area contributed by atoms with E-state index >= 15 is 0 Å². The second-order valence-electron chi connectivity index (χ2n) is 2.91. The molecule has 0 aromatic heterocycles. The van der Waals surface area contributed by atoms with Crippen LogP contribution in [0.3, 0.4) is 0 Å². The molecular weight excluding hydrogens is 138 g/mol. The Labute approximate surface area is 69.9 Å². The Morgan fingerprint density at radius 2 is 2.00 bits per heavy atom. The molecule has 0 unspecified atom stereocenters. The van der Waals surface area contributed by atoms with Gasteiger partial charge in [0.2, 0.25) is 0 Å². The van der Waals surface area contributed by atoms with Crippen LogP contribution in [-0.4, -0.2) is 31.6 Å². The van der Waals surface area contributed by atoms with Crippen molar-refractivity contribution in [3.63, 3.8) is 0 Å². The van der Waals surface area contributed by atoms with Crippen molar-refractivity contribution in [2.75, 3.05) is 26.7 Å². The van der Waals surface area contributed by atoms with E-state index in [-0.39, 0.29) is 0 Å². The number of hydrogen-bond acceptors (Lipinski definition) is 3. The lowest BCUT2D eigenvalue weighted by atomic mass is 10.2. The largest absolute Gasteiger partial charge is 0.307 e. The fourth-order valence-corrected chi connectivity index (χ4v) is 0.944. The summed E-state index contributed by atoms with van der Waals surface area (Å²) >= 11 is 0. The van der Waals surface area contributed by atoms with E-state index < -0.39 is 0 Å². The lowest BCUT2D eigenvalue weighted by Crippen LogP contribution is -2.23. The summed E-state index contributed by atoms with van der Waals surface area (Å²) in [5.41, 5.74) is 2.66. The summed E-state index contributed by atoms with van der Waals surface area (Å²) in [5.74, 6) is 5.14. The third-order valence-electron chi connectivity index (χ3n) is 1.90. The van der Waals surface area contributed by atoms with E-state index in [1.54, 1.807) is 0 Å². The van der Waals surface area contributed by atoms with Crippen molar-refractivity contribution in [3.05, 3.63) is 0 Å². The van der Waals surface area contributed by atoms with E-state index in [2.05, 4.69) is 24.3 Å². The highest BCUT2D eigenvalue weighted by Crippen LogP contribution is 1.95. The van der Waals surface area contributed by atoms with Gasteiger partial charge in [0.25, 0.3) is 0 Å². The maximum absolute atomic E-state index is 5.14. The second-order valence-corrected chi connectivity index (χ2v) is 2.91. The van der Waals surface area contributed by atoms with Gasteiger partial charge in [0.1, 0.15) is 0 Å². The Morgan fingerprint density at radius 3 is 2.55 bits per heavy atom. The number of nitrogens with one attached hydrogen (secondary N) is 1. The molecule has 0 heterocycles. The van der Waals surface area contributed by atoms with Crippen LogP contribution in [0.15, 0.2) is 0 Å². The van der Waals surface area contributed by atoms with Crippen molar-refractivity contribution in [1.82, 2.24) is 10.3 Å². The van der Waals surface area contributed by atoms with Gasteiger partial charge in [-0.25, -0.2) is 0 Å². The van der Waals surface area contributed by atoms with Crippen LogP contribution in [0, 0.1) is 0 Å². The summed E-state index contributed by atoms with van der Waals surface area (Å²) < 4.78 is 0. The van der Waals surface area contributed by atoms with Crippen molar-refractivity contribution in [1.29, 1.82) is 0 Å². The maximum Gasteiger partial charge on any atom is 0.00974 e. The van der Waals surface area contributed by atoms with Crippen LogP contribution in [0.2, 0.25) is 0 Å². The second kappa shape index (κ2) is 7.98.